The van der Waals surface area contributed by atoms with Gasteiger partial charge in [0.15, 0.2) is 11.0 Å². The van der Waals surface area contributed by atoms with Crippen LogP contribution in [0.5, 0.6) is 0 Å². The average molecular weight is 378 g/mol. The van der Waals surface area contributed by atoms with Crippen molar-refractivity contribution in [3.05, 3.63) is 75.7 Å². The largest absolute Gasteiger partial charge is 0.338 e. The van der Waals surface area contributed by atoms with Crippen molar-refractivity contribution in [3.63, 3.8) is 0 Å². The van der Waals surface area contributed by atoms with Crippen LogP contribution in [0.3, 0.4) is 0 Å². The van der Waals surface area contributed by atoms with Gasteiger partial charge < -0.3 is 4.52 Å². The van der Waals surface area contributed by atoms with Gasteiger partial charge in [-0.25, -0.2) is 4.98 Å². The van der Waals surface area contributed by atoms with Crippen molar-refractivity contribution < 1.29 is 4.52 Å². The average Bonchev–Trinajstić information content (AvgIpc) is 3.08. The van der Waals surface area contributed by atoms with Crippen molar-refractivity contribution in [3.8, 4) is 5.69 Å². The van der Waals surface area contributed by atoms with Gasteiger partial charge in [0.2, 0.25) is 5.89 Å². The van der Waals surface area contributed by atoms with Crippen LogP contribution in [0.15, 0.2) is 56.9 Å². The molecule has 0 aliphatic rings. The van der Waals surface area contributed by atoms with Crippen molar-refractivity contribution in [2.24, 2.45) is 0 Å². The summed E-state index contributed by atoms with van der Waals surface area (Å²) in [4.78, 5) is 22.2. The second-order valence-electron chi connectivity index (χ2n) is 6.34. The molecule has 0 saturated carbocycles. The summed E-state index contributed by atoms with van der Waals surface area (Å²) in [6.45, 7) is 5.86. The van der Waals surface area contributed by atoms with Gasteiger partial charge in [-0.1, -0.05) is 35.1 Å². The molecule has 0 radical (unpaired) electrons. The Morgan fingerprint density at radius 3 is 2.59 bits per heavy atom. The number of thioether (sulfide) groups is 1. The zero-order valence-corrected chi connectivity index (χ0v) is 16.1. The molecule has 0 spiro atoms. The molecule has 6 nitrogen and oxygen atoms in total. The first-order chi connectivity index (χ1) is 13.0. The van der Waals surface area contributed by atoms with Crippen molar-refractivity contribution >= 4 is 22.7 Å². The molecule has 0 N–H and O–H groups in total. The molecular weight excluding hydrogens is 360 g/mol. The van der Waals surface area contributed by atoms with Gasteiger partial charge in [0.25, 0.3) is 5.56 Å². The maximum absolute atomic E-state index is 13.2. The van der Waals surface area contributed by atoms with Crippen molar-refractivity contribution in [2.75, 3.05) is 0 Å². The highest BCUT2D eigenvalue weighted by Gasteiger charge is 2.15. The maximum atomic E-state index is 13.2. The van der Waals surface area contributed by atoms with Gasteiger partial charge in [-0.2, -0.15) is 4.98 Å². The summed E-state index contributed by atoms with van der Waals surface area (Å²) in [5.74, 6) is 1.53. The molecule has 0 atom stereocenters. The van der Waals surface area contributed by atoms with E-state index >= 15 is 0 Å². The van der Waals surface area contributed by atoms with Gasteiger partial charge in [-0.3, -0.25) is 9.36 Å². The second kappa shape index (κ2) is 7.00. The topological polar surface area (TPSA) is 73.8 Å². The van der Waals surface area contributed by atoms with E-state index in [1.807, 2.05) is 50.2 Å². The van der Waals surface area contributed by atoms with Crippen molar-refractivity contribution in [1.82, 2.24) is 19.7 Å². The van der Waals surface area contributed by atoms with Gasteiger partial charge in [0, 0.05) is 0 Å². The lowest BCUT2D eigenvalue weighted by Crippen LogP contribution is -2.22. The van der Waals surface area contributed by atoms with Crippen LogP contribution in [-0.4, -0.2) is 19.7 Å². The summed E-state index contributed by atoms with van der Waals surface area (Å²) in [6, 6.07) is 13.4. The van der Waals surface area contributed by atoms with Crippen molar-refractivity contribution in [1.29, 1.82) is 0 Å². The number of benzene rings is 2. The Bertz CT molecular complexity index is 1200. The molecule has 2 aromatic carbocycles. The fourth-order valence-electron chi connectivity index (χ4n) is 2.83. The fourth-order valence-corrected chi connectivity index (χ4v) is 3.68. The Hall–Kier alpha value is -2.93. The van der Waals surface area contributed by atoms with E-state index in [1.165, 1.54) is 17.3 Å². The molecule has 0 saturated heterocycles. The van der Waals surface area contributed by atoms with Crippen LogP contribution >= 0.6 is 11.8 Å². The maximum Gasteiger partial charge on any atom is 0.266 e. The summed E-state index contributed by atoms with van der Waals surface area (Å²) in [5.41, 5.74) is 3.68. The third-order valence-corrected chi connectivity index (χ3v) is 5.31. The van der Waals surface area contributed by atoms with E-state index in [-0.39, 0.29) is 5.56 Å². The number of rotatable bonds is 4. The third-order valence-electron chi connectivity index (χ3n) is 4.39. The van der Waals surface area contributed by atoms with Crippen LogP contribution in [0.4, 0.5) is 0 Å². The molecular formula is C20H18N4O2S. The minimum atomic E-state index is -0.0898. The van der Waals surface area contributed by atoms with E-state index in [2.05, 4.69) is 10.1 Å². The lowest BCUT2D eigenvalue weighted by molar-refractivity contribution is 0.387. The second-order valence-corrected chi connectivity index (χ2v) is 7.29. The van der Waals surface area contributed by atoms with E-state index in [4.69, 9.17) is 9.51 Å². The molecule has 4 aromatic rings. The van der Waals surface area contributed by atoms with Crippen LogP contribution in [0, 0.1) is 20.8 Å². The van der Waals surface area contributed by atoms with Crippen LogP contribution in [-0.2, 0) is 5.75 Å². The fraction of sp³-hybridized carbons (Fsp3) is 0.200. The van der Waals surface area contributed by atoms with Crippen LogP contribution in [0.2, 0.25) is 0 Å². The molecule has 0 unspecified atom stereocenters. The SMILES string of the molecule is Cc1noc(CSc2nc3ccccc3c(=O)n2-c2ccc(C)c(C)c2)n1. The molecule has 2 aromatic heterocycles. The number of aromatic nitrogens is 4. The van der Waals surface area contributed by atoms with Gasteiger partial charge >= 0.3 is 0 Å². The number of nitrogens with zero attached hydrogens (tertiary/aromatic N) is 4. The lowest BCUT2D eigenvalue weighted by atomic mass is 10.1. The van der Waals surface area contributed by atoms with E-state index in [9.17, 15) is 4.79 Å². The monoisotopic (exact) mass is 378 g/mol. The number of para-hydroxylation sites is 1. The van der Waals surface area contributed by atoms with Gasteiger partial charge in [-0.05, 0) is 56.2 Å². The molecule has 0 fully saturated rings. The van der Waals surface area contributed by atoms with Crippen LogP contribution in [0.25, 0.3) is 16.6 Å². The first-order valence-corrected chi connectivity index (χ1v) is 9.53. The van der Waals surface area contributed by atoms with Gasteiger partial charge in [0.1, 0.15) is 0 Å². The highest BCUT2D eigenvalue weighted by molar-refractivity contribution is 7.98. The zero-order valence-electron chi connectivity index (χ0n) is 15.3. The van der Waals surface area contributed by atoms with Crippen molar-refractivity contribution in [2.45, 2.75) is 31.7 Å². The predicted octanol–water partition coefficient (Wildman–Crippen LogP) is 3.99. The summed E-state index contributed by atoms with van der Waals surface area (Å²) >= 11 is 1.40. The predicted molar refractivity (Wildman–Crippen MR) is 105 cm³/mol. The Morgan fingerprint density at radius 1 is 1.04 bits per heavy atom. The summed E-state index contributed by atoms with van der Waals surface area (Å²) in [6.07, 6.45) is 0. The molecule has 4 rings (SSSR count). The summed E-state index contributed by atoms with van der Waals surface area (Å²) in [7, 11) is 0. The van der Waals surface area contributed by atoms with Crippen LogP contribution in [0.1, 0.15) is 22.8 Å². The quantitative estimate of drug-likeness (QED) is 0.395. The Balaban J connectivity index is 1.86. The van der Waals surface area contributed by atoms with E-state index in [0.29, 0.717) is 33.5 Å². The lowest BCUT2D eigenvalue weighted by Gasteiger charge is -2.14. The minimum Gasteiger partial charge on any atom is -0.338 e. The standard InChI is InChI=1S/C20H18N4O2S/c1-12-8-9-15(10-13(12)2)24-19(25)16-6-4-5-7-17(16)22-20(24)27-11-18-21-14(3)23-26-18/h4-10H,11H2,1-3H3. The summed E-state index contributed by atoms with van der Waals surface area (Å²) in [5, 5.41) is 5.00. The molecule has 0 amide bonds. The van der Waals surface area contributed by atoms with Crippen LogP contribution < -0.4 is 5.56 Å². The Kier molecular flexibility index (Phi) is 4.53. The Morgan fingerprint density at radius 2 is 1.85 bits per heavy atom. The molecule has 136 valence electrons. The number of aryl methyl sites for hydroxylation is 3. The first-order valence-electron chi connectivity index (χ1n) is 8.54. The molecule has 27 heavy (non-hydrogen) atoms. The highest BCUT2D eigenvalue weighted by Crippen LogP contribution is 2.25. The number of hydrogen-bond donors (Lipinski definition) is 0. The van der Waals surface area contributed by atoms with Gasteiger partial charge in [-0.15, -0.1) is 0 Å². The summed E-state index contributed by atoms with van der Waals surface area (Å²) < 4.78 is 6.84. The van der Waals surface area contributed by atoms with E-state index in [1.54, 1.807) is 17.6 Å². The third kappa shape index (κ3) is 3.38. The molecule has 7 heteroatoms. The number of hydrogen-bond acceptors (Lipinski definition) is 6. The number of fused-ring (bicyclic) bond motifs is 1. The van der Waals surface area contributed by atoms with E-state index in [0.717, 1.165) is 11.3 Å². The normalized spacial score (nSPS) is 11.2. The molecule has 0 aliphatic carbocycles. The molecule has 0 bridgehead atoms. The molecule has 0 aliphatic heterocycles. The van der Waals surface area contributed by atoms with Gasteiger partial charge in [0.05, 0.1) is 22.3 Å². The Labute approximate surface area is 160 Å². The highest BCUT2D eigenvalue weighted by atomic mass is 32.2. The minimum absolute atomic E-state index is 0.0898. The zero-order chi connectivity index (χ0) is 19.0. The molecule has 2 heterocycles. The first kappa shape index (κ1) is 17.5. The smallest absolute Gasteiger partial charge is 0.266 e. The van der Waals surface area contributed by atoms with E-state index < -0.39 is 0 Å².